The molecular weight excluding hydrogens is 262 g/mol. The van der Waals surface area contributed by atoms with Crippen molar-refractivity contribution >= 4 is 5.69 Å². The fraction of sp³-hybridized carbons (Fsp3) is 0.188. The predicted molar refractivity (Wildman–Crippen MR) is 82.5 cm³/mol. The van der Waals surface area contributed by atoms with E-state index in [1.165, 1.54) is 11.1 Å². The number of tetrazole rings is 1. The van der Waals surface area contributed by atoms with E-state index in [1.54, 1.807) is 0 Å². The number of rotatable bonds is 4. The van der Waals surface area contributed by atoms with Crippen molar-refractivity contribution in [3.63, 3.8) is 0 Å². The smallest absolute Gasteiger partial charge is 0.182 e. The third kappa shape index (κ3) is 2.91. The van der Waals surface area contributed by atoms with Crippen molar-refractivity contribution in [2.45, 2.75) is 19.9 Å². The van der Waals surface area contributed by atoms with Gasteiger partial charge in [-0.2, -0.15) is 0 Å². The number of hydrogen-bond acceptors (Lipinski definition) is 4. The first-order chi connectivity index (χ1) is 10.2. The Morgan fingerprint density at radius 1 is 1.10 bits per heavy atom. The highest BCUT2D eigenvalue weighted by Gasteiger charge is 2.09. The Labute approximate surface area is 123 Å². The number of aryl methyl sites for hydroxylation is 3. The van der Waals surface area contributed by atoms with Gasteiger partial charge in [-0.3, -0.25) is 0 Å². The molecule has 0 atom stereocenters. The van der Waals surface area contributed by atoms with Crippen molar-refractivity contribution in [3.05, 3.63) is 59.7 Å². The minimum Gasteiger partial charge on any atom is -0.399 e. The van der Waals surface area contributed by atoms with E-state index in [1.807, 2.05) is 35.0 Å². The van der Waals surface area contributed by atoms with Gasteiger partial charge in [-0.1, -0.05) is 36.4 Å². The fourth-order valence-electron chi connectivity index (χ4n) is 2.36. The van der Waals surface area contributed by atoms with Crippen molar-refractivity contribution in [2.24, 2.45) is 0 Å². The number of hydrogen-bond donors (Lipinski definition) is 1. The molecule has 0 saturated carbocycles. The monoisotopic (exact) mass is 279 g/mol. The SMILES string of the molecule is Cc1ccccc1CCn1nnnc1-c1cccc(N)c1. The van der Waals surface area contributed by atoms with Gasteiger partial charge in [0.25, 0.3) is 0 Å². The van der Waals surface area contributed by atoms with Crippen molar-refractivity contribution in [1.82, 2.24) is 20.2 Å². The molecule has 5 nitrogen and oxygen atoms in total. The number of nitrogens with two attached hydrogens (primary N) is 1. The van der Waals surface area contributed by atoms with Crippen LogP contribution in [0.4, 0.5) is 5.69 Å². The summed E-state index contributed by atoms with van der Waals surface area (Å²) in [5, 5.41) is 12.0. The first-order valence-electron chi connectivity index (χ1n) is 6.90. The molecule has 3 rings (SSSR count). The largest absolute Gasteiger partial charge is 0.399 e. The summed E-state index contributed by atoms with van der Waals surface area (Å²) in [5.74, 6) is 0.746. The Balaban J connectivity index is 1.82. The Hall–Kier alpha value is -2.69. The third-order valence-corrected chi connectivity index (χ3v) is 3.53. The summed E-state index contributed by atoms with van der Waals surface area (Å²) < 4.78 is 1.82. The molecule has 0 bridgehead atoms. The second-order valence-electron chi connectivity index (χ2n) is 5.03. The van der Waals surface area contributed by atoms with Gasteiger partial charge < -0.3 is 5.73 Å². The van der Waals surface area contributed by atoms with E-state index >= 15 is 0 Å². The predicted octanol–water partition coefficient (Wildman–Crippen LogP) is 2.47. The molecular formula is C16H17N5. The van der Waals surface area contributed by atoms with E-state index < -0.39 is 0 Å². The van der Waals surface area contributed by atoms with Gasteiger partial charge in [0.15, 0.2) is 5.82 Å². The summed E-state index contributed by atoms with van der Waals surface area (Å²) in [5.41, 5.74) is 10.1. The molecule has 0 unspecified atom stereocenters. The average Bonchev–Trinajstić information content (AvgIpc) is 2.95. The Morgan fingerprint density at radius 2 is 1.95 bits per heavy atom. The zero-order chi connectivity index (χ0) is 14.7. The molecule has 3 aromatic rings. The first kappa shape index (κ1) is 13.3. The number of anilines is 1. The number of nitrogens with zero attached hydrogens (tertiary/aromatic N) is 4. The Kier molecular flexibility index (Phi) is 3.64. The molecule has 0 aliphatic rings. The van der Waals surface area contributed by atoms with Gasteiger partial charge in [0.1, 0.15) is 0 Å². The second kappa shape index (κ2) is 5.75. The topological polar surface area (TPSA) is 69.6 Å². The van der Waals surface area contributed by atoms with Crippen LogP contribution in [0.5, 0.6) is 0 Å². The molecule has 21 heavy (non-hydrogen) atoms. The molecule has 0 amide bonds. The first-order valence-corrected chi connectivity index (χ1v) is 6.90. The maximum atomic E-state index is 5.82. The van der Waals surface area contributed by atoms with Gasteiger partial charge in [0, 0.05) is 17.8 Å². The van der Waals surface area contributed by atoms with Gasteiger partial charge in [-0.05, 0) is 47.0 Å². The van der Waals surface area contributed by atoms with Crippen LogP contribution in [0.15, 0.2) is 48.5 Å². The van der Waals surface area contributed by atoms with Crippen molar-refractivity contribution in [3.8, 4) is 11.4 Å². The maximum Gasteiger partial charge on any atom is 0.182 e. The van der Waals surface area contributed by atoms with Crippen LogP contribution in [0.25, 0.3) is 11.4 Å². The molecule has 0 aliphatic heterocycles. The van der Waals surface area contributed by atoms with Gasteiger partial charge in [0.2, 0.25) is 0 Å². The number of nitrogen functional groups attached to an aromatic ring is 1. The number of aromatic nitrogens is 4. The summed E-state index contributed by atoms with van der Waals surface area (Å²) >= 11 is 0. The quantitative estimate of drug-likeness (QED) is 0.745. The fourth-order valence-corrected chi connectivity index (χ4v) is 2.36. The van der Waals surface area contributed by atoms with Gasteiger partial charge >= 0.3 is 0 Å². The van der Waals surface area contributed by atoms with E-state index in [4.69, 9.17) is 5.73 Å². The lowest BCUT2D eigenvalue weighted by Crippen LogP contribution is -2.06. The molecule has 0 radical (unpaired) electrons. The lowest BCUT2D eigenvalue weighted by molar-refractivity contribution is 0.593. The zero-order valence-electron chi connectivity index (χ0n) is 11.9. The summed E-state index contributed by atoms with van der Waals surface area (Å²) in [4.78, 5) is 0. The van der Waals surface area contributed by atoms with Gasteiger partial charge in [-0.25, -0.2) is 4.68 Å². The molecule has 5 heteroatoms. The minimum atomic E-state index is 0.709. The van der Waals surface area contributed by atoms with Crippen molar-refractivity contribution in [2.75, 3.05) is 5.73 Å². The highest BCUT2D eigenvalue weighted by atomic mass is 15.5. The van der Waals surface area contributed by atoms with Crippen molar-refractivity contribution < 1.29 is 0 Å². The van der Waals surface area contributed by atoms with Crippen LogP contribution < -0.4 is 5.73 Å². The summed E-state index contributed by atoms with van der Waals surface area (Å²) in [7, 11) is 0. The Morgan fingerprint density at radius 3 is 2.76 bits per heavy atom. The van der Waals surface area contributed by atoms with Crippen LogP contribution in [0.2, 0.25) is 0 Å². The van der Waals surface area contributed by atoms with Crippen molar-refractivity contribution in [1.29, 1.82) is 0 Å². The van der Waals surface area contributed by atoms with E-state index in [9.17, 15) is 0 Å². The average molecular weight is 279 g/mol. The van der Waals surface area contributed by atoms with E-state index in [0.29, 0.717) is 5.69 Å². The summed E-state index contributed by atoms with van der Waals surface area (Å²) in [6.45, 7) is 2.86. The molecule has 0 aliphatic carbocycles. The third-order valence-electron chi connectivity index (χ3n) is 3.53. The van der Waals surface area contributed by atoms with Gasteiger partial charge in [-0.15, -0.1) is 5.10 Å². The molecule has 2 aromatic carbocycles. The lowest BCUT2D eigenvalue weighted by atomic mass is 10.1. The van der Waals surface area contributed by atoms with Crippen LogP contribution in [-0.4, -0.2) is 20.2 Å². The number of benzene rings is 2. The van der Waals surface area contributed by atoms with E-state index in [0.717, 1.165) is 24.4 Å². The van der Waals surface area contributed by atoms with E-state index in [2.05, 4.69) is 40.6 Å². The summed E-state index contributed by atoms with van der Waals surface area (Å²) in [6, 6.07) is 16.0. The second-order valence-corrected chi connectivity index (χ2v) is 5.03. The van der Waals surface area contributed by atoms with Crippen LogP contribution in [0.3, 0.4) is 0 Å². The molecule has 0 spiro atoms. The standard InChI is InChI=1S/C16H17N5/c1-12-5-2-3-6-13(12)9-10-21-16(18-19-20-21)14-7-4-8-15(17)11-14/h2-8,11H,9-10,17H2,1H3. The lowest BCUT2D eigenvalue weighted by Gasteiger charge is -2.07. The zero-order valence-corrected chi connectivity index (χ0v) is 11.9. The molecule has 1 aromatic heterocycles. The highest BCUT2D eigenvalue weighted by molar-refractivity contribution is 5.60. The molecule has 106 valence electrons. The minimum absolute atomic E-state index is 0.709. The van der Waals surface area contributed by atoms with E-state index in [-0.39, 0.29) is 0 Å². The van der Waals surface area contributed by atoms with Crippen LogP contribution in [-0.2, 0) is 13.0 Å². The van der Waals surface area contributed by atoms with Crippen LogP contribution in [0.1, 0.15) is 11.1 Å². The maximum absolute atomic E-state index is 5.82. The Bertz CT molecular complexity index is 748. The molecule has 1 heterocycles. The summed E-state index contributed by atoms with van der Waals surface area (Å²) in [6.07, 6.45) is 0.896. The molecule has 0 saturated heterocycles. The van der Waals surface area contributed by atoms with Crippen LogP contribution in [0, 0.1) is 6.92 Å². The van der Waals surface area contributed by atoms with Crippen LogP contribution >= 0.6 is 0 Å². The highest BCUT2D eigenvalue weighted by Crippen LogP contribution is 2.19. The molecule has 2 N–H and O–H groups in total. The van der Waals surface area contributed by atoms with Gasteiger partial charge in [0.05, 0.1) is 0 Å². The normalized spacial score (nSPS) is 10.7. The molecule has 0 fully saturated rings.